The fourth-order valence-electron chi connectivity index (χ4n) is 2.52. The van der Waals surface area contributed by atoms with Crippen molar-refractivity contribution in [3.05, 3.63) is 0 Å². The summed E-state index contributed by atoms with van der Waals surface area (Å²) in [5, 5.41) is 9.38. The third kappa shape index (κ3) is 2.55. The molecule has 0 bridgehead atoms. The summed E-state index contributed by atoms with van der Waals surface area (Å²) in [4.78, 5) is 14.2. The Bertz CT molecular complexity index is 268. The van der Waals surface area contributed by atoms with E-state index in [0.717, 1.165) is 38.5 Å². The molecule has 90 valence electrons. The van der Waals surface area contributed by atoms with Gasteiger partial charge in [-0.1, -0.05) is 25.7 Å². The minimum Gasteiger partial charge on any atom is -0.342 e. The zero-order chi connectivity index (χ0) is 12.0. The van der Waals surface area contributed by atoms with E-state index < -0.39 is 5.41 Å². The third-order valence-corrected chi connectivity index (χ3v) is 3.63. The first-order valence-corrected chi connectivity index (χ1v) is 6.41. The molecular formula is C13H22N2O. The van der Waals surface area contributed by atoms with Crippen molar-refractivity contribution in [3.8, 4) is 6.07 Å². The van der Waals surface area contributed by atoms with E-state index in [9.17, 15) is 10.1 Å². The highest BCUT2D eigenvalue weighted by atomic mass is 16.2. The number of rotatable bonds is 3. The highest BCUT2D eigenvalue weighted by Gasteiger charge is 2.40. The number of carbonyl (C=O) groups is 1. The number of hydrogen-bond acceptors (Lipinski definition) is 2. The summed E-state index contributed by atoms with van der Waals surface area (Å²) in [6, 6.07) is 2.32. The normalized spacial score (nSPS) is 19.6. The van der Waals surface area contributed by atoms with E-state index >= 15 is 0 Å². The van der Waals surface area contributed by atoms with Crippen LogP contribution in [0.25, 0.3) is 0 Å². The maximum absolute atomic E-state index is 12.4. The van der Waals surface area contributed by atoms with Crippen LogP contribution in [0.1, 0.15) is 52.4 Å². The van der Waals surface area contributed by atoms with Crippen LogP contribution in [0.4, 0.5) is 0 Å². The van der Waals surface area contributed by atoms with Crippen molar-refractivity contribution < 1.29 is 4.79 Å². The molecule has 1 amide bonds. The zero-order valence-corrected chi connectivity index (χ0v) is 10.5. The molecule has 0 unspecified atom stereocenters. The fourth-order valence-corrected chi connectivity index (χ4v) is 2.52. The largest absolute Gasteiger partial charge is 0.342 e. The Kier molecular flexibility index (Phi) is 4.79. The molecule has 0 heterocycles. The lowest BCUT2D eigenvalue weighted by Gasteiger charge is -2.30. The molecule has 1 fully saturated rings. The van der Waals surface area contributed by atoms with Crippen LogP contribution in [-0.2, 0) is 4.79 Å². The van der Waals surface area contributed by atoms with Crippen LogP contribution >= 0.6 is 0 Å². The molecule has 0 aromatic rings. The van der Waals surface area contributed by atoms with E-state index in [1.165, 1.54) is 0 Å². The second kappa shape index (κ2) is 5.89. The van der Waals surface area contributed by atoms with Crippen LogP contribution in [0.3, 0.4) is 0 Å². The van der Waals surface area contributed by atoms with Gasteiger partial charge in [-0.25, -0.2) is 0 Å². The predicted octanol–water partition coefficient (Wildman–Crippen LogP) is 2.72. The first-order chi connectivity index (χ1) is 7.70. The van der Waals surface area contributed by atoms with E-state index in [1.807, 2.05) is 13.8 Å². The highest BCUT2D eigenvalue weighted by Crippen LogP contribution is 2.36. The van der Waals surface area contributed by atoms with Crippen molar-refractivity contribution in [1.29, 1.82) is 5.26 Å². The molecule has 16 heavy (non-hydrogen) atoms. The Hall–Kier alpha value is -1.04. The number of amides is 1. The SMILES string of the molecule is CCN(CC)C(=O)C1(C#N)CCCCCC1. The lowest BCUT2D eigenvalue weighted by atomic mass is 9.80. The smallest absolute Gasteiger partial charge is 0.243 e. The van der Waals surface area contributed by atoms with Gasteiger partial charge in [-0.3, -0.25) is 4.79 Å². The Labute approximate surface area is 98.4 Å². The van der Waals surface area contributed by atoms with Crippen molar-refractivity contribution in [2.24, 2.45) is 5.41 Å². The molecule has 0 saturated heterocycles. The maximum Gasteiger partial charge on any atom is 0.243 e. The Morgan fingerprint density at radius 1 is 1.19 bits per heavy atom. The van der Waals surface area contributed by atoms with Gasteiger partial charge in [0.2, 0.25) is 5.91 Å². The molecule has 0 N–H and O–H groups in total. The van der Waals surface area contributed by atoms with Crippen molar-refractivity contribution in [1.82, 2.24) is 4.90 Å². The fraction of sp³-hybridized carbons (Fsp3) is 0.846. The van der Waals surface area contributed by atoms with Gasteiger partial charge >= 0.3 is 0 Å². The van der Waals surface area contributed by atoms with Gasteiger partial charge < -0.3 is 4.90 Å². The predicted molar refractivity (Wildman–Crippen MR) is 63.7 cm³/mol. The molecule has 1 rings (SSSR count). The molecule has 1 aliphatic rings. The van der Waals surface area contributed by atoms with Crippen molar-refractivity contribution >= 4 is 5.91 Å². The van der Waals surface area contributed by atoms with Crippen LogP contribution < -0.4 is 0 Å². The molecule has 0 radical (unpaired) electrons. The number of nitriles is 1. The Morgan fingerprint density at radius 2 is 1.69 bits per heavy atom. The van der Waals surface area contributed by atoms with Crippen LogP contribution in [-0.4, -0.2) is 23.9 Å². The van der Waals surface area contributed by atoms with Gasteiger partial charge in [0.15, 0.2) is 0 Å². The minimum absolute atomic E-state index is 0.0573. The van der Waals surface area contributed by atoms with Crippen LogP contribution in [0.2, 0.25) is 0 Å². The van der Waals surface area contributed by atoms with Gasteiger partial charge in [0.1, 0.15) is 5.41 Å². The van der Waals surface area contributed by atoms with E-state index in [-0.39, 0.29) is 5.91 Å². The molecule has 0 aromatic carbocycles. The first-order valence-electron chi connectivity index (χ1n) is 6.41. The van der Waals surface area contributed by atoms with Crippen molar-refractivity contribution in [2.75, 3.05) is 13.1 Å². The molecule has 1 aliphatic carbocycles. The monoisotopic (exact) mass is 222 g/mol. The van der Waals surface area contributed by atoms with Gasteiger partial charge in [0, 0.05) is 13.1 Å². The quantitative estimate of drug-likeness (QED) is 0.689. The molecular weight excluding hydrogens is 200 g/mol. The molecule has 0 atom stereocenters. The summed E-state index contributed by atoms with van der Waals surface area (Å²) >= 11 is 0. The summed E-state index contributed by atoms with van der Waals surface area (Å²) in [5.41, 5.74) is -0.720. The van der Waals surface area contributed by atoms with Crippen molar-refractivity contribution in [2.45, 2.75) is 52.4 Å². The minimum atomic E-state index is -0.720. The number of nitrogens with zero attached hydrogens (tertiary/aromatic N) is 2. The van der Waals surface area contributed by atoms with E-state index in [2.05, 4.69) is 6.07 Å². The molecule has 0 spiro atoms. The van der Waals surface area contributed by atoms with E-state index in [4.69, 9.17) is 0 Å². The summed E-state index contributed by atoms with van der Waals surface area (Å²) in [7, 11) is 0. The Morgan fingerprint density at radius 3 is 2.06 bits per heavy atom. The lowest BCUT2D eigenvalue weighted by molar-refractivity contribution is -0.139. The summed E-state index contributed by atoms with van der Waals surface area (Å²) < 4.78 is 0. The van der Waals surface area contributed by atoms with Crippen molar-refractivity contribution in [3.63, 3.8) is 0 Å². The average molecular weight is 222 g/mol. The van der Waals surface area contributed by atoms with Gasteiger partial charge in [0.25, 0.3) is 0 Å². The second-order valence-corrected chi connectivity index (χ2v) is 4.59. The van der Waals surface area contributed by atoms with E-state index in [1.54, 1.807) is 4.90 Å². The molecule has 1 saturated carbocycles. The Balaban J connectivity index is 2.85. The summed E-state index contributed by atoms with van der Waals surface area (Å²) in [5.74, 6) is 0.0573. The summed E-state index contributed by atoms with van der Waals surface area (Å²) in [6.45, 7) is 5.36. The highest BCUT2D eigenvalue weighted by molar-refractivity contribution is 5.85. The average Bonchev–Trinajstić information content (AvgIpc) is 2.56. The molecule has 0 aliphatic heterocycles. The molecule has 3 nitrogen and oxygen atoms in total. The zero-order valence-electron chi connectivity index (χ0n) is 10.5. The topological polar surface area (TPSA) is 44.1 Å². The molecule has 0 aromatic heterocycles. The van der Waals surface area contributed by atoms with Gasteiger partial charge in [-0.2, -0.15) is 5.26 Å². The first kappa shape index (κ1) is 13.0. The van der Waals surface area contributed by atoms with Crippen LogP contribution in [0.15, 0.2) is 0 Å². The van der Waals surface area contributed by atoms with Crippen LogP contribution in [0, 0.1) is 16.7 Å². The maximum atomic E-state index is 12.4. The molecule has 3 heteroatoms. The number of hydrogen-bond donors (Lipinski definition) is 0. The van der Waals surface area contributed by atoms with Crippen LogP contribution in [0.5, 0.6) is 0 Å². The van der Waals surface area contributed by atoms with Gasteiger partial charge in [-0.05, 0) is 26.7 Å². The standard InChI is InChI=1S/C13H22N2O/c1-3-15(4-2)12(16)13(11-14)9-7-5-6-8-10-13/h3-10H2,1-2H3. The lowest BCUT2D eigenvalue weighted by Crippen LogP contribution is -2.43. The van der Waals surface area contributed by atoms with Gasteiger partial charge in [-0.15, -0.1) is 0 Å². The van der Waals surface area contributed by atoms with E-state index in [0.29, 0.717) is 13.1 Å². The number of carbonyl (C=O) groups excluding carboxylic acids is 1. The summed E-state index contributed by atoms with van der Waals surface area (Å²) in [6.07, 6.45) is 5.85. The van der Waals surface area contributed by atoms with Gasteiger partial charge in [0.05, 0.1) is 6.07 Å². The third-order valence-electron chi connectivity index (χ3n) is 3.63. The second-order valence-electron chi connectivity index (χ2n) is 4.59.